The molecule has 8 heteroatoms. The van der Waals surface area contributed by atoms with E-state index >= 15 is 0 Å². The van der Waals surface area contributed by atoms with Crippen LogP contribution in [-0.4, -0.2) is 44.0 Å². The van der Waals surface area contributed by atoms with E-state index in [4.69, 9.17) is 0 Å². The van der Waals surface area contributed by atoms with Crippen molar-refractivity contribution in [1.82, 2.24) is 4.98 Å². The summed E-state index contributed by atoms with van der Waals surface area (Å²) in [5.41, 5.74) is 0.566. The van der Waals surface area contributed by atoms with Crippen LogP contribution in [-0.2, 0) is 14.6 Å². The third-order valence-corrected chi connectivity index (χ3v) is 6.08. The first-order valence-electron chi connectivity index (χ1n) is 5.57. The van der Waals surface area contributed by atoms with E-state index in [0.29, 0.717) is 15.7 Å². The Labute approximate surface area is 117 Å². The van der Waals surface area contributed by atoms with E-state index < -0.39 is 20.6 Å². The molecule has 0 aliphatic rings. The number of anilines is 1. The lowest BCUT2D eigenvalue weighted by Gasteiger charge is -2.22. The van der Waals surface area contributed by atoms with Gasteiger partial charge in [0.05, 0.1) is 17.6 Å². The summed E-state index contributed by atoms with van der Waals surface area (Å²) >= 11 is 1.15. The Morgan fingerprint density at radius 3 is 2.53 bits per heavy atom. The van der Waals surface area contributed by atoms with E-state index in [2.05, 4.69) is 15.0 Å². The van der Waals surface area contributed by atoms with Crippen LogP contribution in [0.3, 0.4) is 0 Å². The van der Waals surface area contributed by atoms with Crippen LogP contribution in [0.5, 0.6) is 0 Å². The number of esters is 1. The van der Waals surface area contributed by atoms with E-state index in [1.54, 1.807) is 20.8 Å². The number of carbonyl (C=O) groups excluding carboxylic acids is 1. The molecule has 108 valence electrons. The highest BCUT2D eigenvalue weighted by molar-refractivity contribution is 7.92. The first-order chi connectivity index (χ1) is 8.58. The van der Waals surface area contributed by atoms with Crippen molar-refractivity contribution >= 4 is 32.3 Å². The number of aryl methyl sites for hydroxylation is 1. The van der Waals surface area contributed by atoms with Gasteiger partial charge in [-0.05, 0) is 20.8 Å². The van der Waals surface area contributed by atoms with Gasteiger partial charge in [0.2, 0.25) is 0 Å². The first kappa shape index (κ1) is 15.9. The first-order valence-corrected chi connectivity index (χ1v) is 8.28. The van der Waals surface area contributed by atoms with Crippen LogP contribution in [0.2, 0.25) is 0 Å². The minimum Gasteiger partial charge on any atom is -0.465 e. The van der Waals surface area contributed by atoms with Crippen LogP contribution in [0.15, 0.2) is 0 Å². The summed E-state index contributed by atoms with van der Waals surface area (Å²) in [6.07, 6.45) is 1.20. The zero-order chi connectivity index (χ0) is 14.8. The zero-order valence-corrected chi connectivity index (χ0v) is 13.2. The lowest BCUT2D eigenvalue weighted by Crippen LogP contribution is -2.38. The summed E-state index contributed by atoms with van der Waals surface area (Å²) in [7, 11) is -1.87. The molecule has 0 aliphatic heterocycles. The molecule has 1 heterocycles. The molecule has 1 N–H and O–H groups in total. The minimum atomic E-state index is -3.17. The van der Waals surface area contributed by atoms with Gasteiger partial charge in [0.1, 0.15) is 4.88 Å². The molecule has 0 bridgehead atoms. The number of nitrogens with one attached hydrogen (secondary N) is 1. The second-order valence-corrected chi connectivity index (χ2v) is 8.46. The number of rotatable bonds is 5. The van der Waals surface area contributed by atoms with Gasteiger partial charge in [0, 0.05) is 12.8 Å². The highest BCUT2D eigenvalue weighted by Gasteiger charge is 2.30. The average Bonchev–Trinajstić information content (AvgIpc) is 2.65. The molecule has 1 aromatic heterocycles. The number of ether oxygens (including phenoxy) is 1. The number of sulfone groups is 1. The molecule has 0 atom stereocenters. The molecular weight excluding hydrogens is 288 g/mol. The fourth-order valence-corrected chi connectivity index (χ4v) is 2.39. The smallest absolute Gasteiger partial charge is 0.350 e. The number of nitrogens with zero attached hydrogens (tertiary/aromatic N) is 1. The Morgan fingerprint density at radius 1 is 1.47 bits per heavy atom. The van der Waals surface area contributed by atoms with Crippen LogP contribution in [0, 0.1) is 6.92 Å². The number of hydrogen-bond donors (Lipinski definition) is 1. The SMILES string of the molecule is COC(=O)c1sc(NCC(C)(C)S(C)(=O)=O)nc1C. The average molecular weight is 306 g/mol. The molecule has 0 spiro atoms. The standard InChI is InChI=1S/C11H18N2O4S2/c1-7-8(9(14)17-4)18-10(13-7)12-6-11(2,3)19(5,15)16/h6H2,1-5H3,(H,12,13). The monoisotopic (exact) mass is 306 g/mol. The Kier molecular flexibility index (Phi) is 4.57. The van der Waals surface area contributed by atoms with E-state index in [0.717, 1.165) is 11.3 Å². The van der Waals surface area contributed by atoms with E-state index in [1.807, 2.05) is 0 Å². The topological polar surface area (TPSA) is 85.4 Å². The van der Waals surface area contributed by atoms with Crippen molar-refractivity contribution < 1.29 is 17.9 Å². The third kappa shape index (κ3) is 3.66. The Balaban J connectivity index is 2.83. The summed E-state index contributed by atoms with van der Waals surface area (Å²) in [6.45, 7) is 5.20. The van der Waals surface area contributed by atoms with Gasteiger partial charge < -0.3 is 10.1 Å². The van der Waals surface area contributed by atoms with E-state index in [9.17, 15) is 13.2 Å². The van der Waals surface area contributed by atoms with Crippen molar-refractivity contribution in [2.24, 2.45) is 0 Å². The lowest BCUT2D eigenvalue weighted by atomic mass is 10.2. The van der Waals surface area contributed by atoms with Gasteiger partial charge in [0.15, 0.2) is 15.0 Å². The second kappa shape index (κ2) is 5.46. The minimum absolute atomic E-state index is 0.222. The molecule has 6 nitrogen and oxygen atoms in total. The zero-order valence-electron chi connectivity index (χ0n) is 11.6. The molecule has 19 heavy (non-hydrogen) atoms. The quantitative estimate of drug-likeness (QED) is 0.829. The van der Waals surface area contributed by atoms with Crippen molar-refractivity contribution in [3.05, 3.63) is 10.6 Å². The van der Waals surface area contributed by atoms with Crippen LogP contribution < -0.4 is 5.32 Å². The fraction of sp³-hybridized carbons (Fsp3) is 0.636. The van der Waals surface area contributed by atoms with Crippen molar-refractivity contribution in [1.29, 1.82) is 0 Å². The third-order valence-electron chi connectivity index (χ3n) is 2.84. The summed E-state index contributed by atoms with van der Waals surface area (Å²) in [5, 5.41) is 3.46. The second-order valence-electron chi connectivity index (χ2n) is 4.81. The molecule has 0 aliphatic carbocycles. The molecule has 0 radical (unpaired) electrons. The van der Waals surface area contributed by atoms with Crippen LogP contribution in [0.25, 0.3) is 0 Å². The fourth-order valence-electron chi connectivity index (χ4n) is 1.17. The highest BCUT2D eigenvalue weighted by atomic mass is 32.2. The predicted octanol–water partition coefficient (Wildman–Crippen LogP) is 1.47. The largest absolute Gasteiger partial charge is 0.465 e. The summed E-state index contributed by atoms with van der Waals surface area (Å²) < 4.78 is 26.9. The van der Waals surface area contributed by atoms with E-state index in [1.165, 1.54) is 13.4 Å². The lowest BCUT2D eigenvalue weighted by molar-refractivity contribution is 0.0605. The summed E-state index contributed by atoms with van der Waals surface area (Å²) in [5.74, 6) is -0.439. The maximum Gasteiger partial charge on any atom is 0.350 e. The number of methoxy groups -OCH3 is 1. The maximum atomic E-state index is 11.6. The number of aromatic nitrogens is 1. The molecule has 0 saturated carbocycles. The Hall–Kier alpha value is -1.15. The van der Waals surface area contributed by atoms with Crippen LogP contribution in [0.4, 0.5) is 5.13 Å². The van der Waals surface area contributed by atoms with Crippen molar-refractivity contribution in [3.63, 3.8) is 0 Å². The number of thiazole rings is 1. The van der Waals surface area contributed by atoms with Gasteiger partial charge in [-0.25, -0.2) is 18.2 Å². The molecule has 1 rings (SSSR count). The highest BCUT2D eigenvalue weighted by Crippen LogP contribution is 2.24. The van der Waals surface area contributed by atoms with Gasteiger partial charge in [-0.3, -0.25) is 0 Å². The molecule has 0 fully saturated rings. The Bertz CT molecular complexity index is 576. The van der Waals surface area contributed by atoms with Crippen LogP contribution >= 0.6 is 11.3 Å². The predicted molar refractivity (Wildman–Crippen MR) is 75.6 cm³/mol. The normalized spacial score (nSPS) is 12.3. The van der Waals surface area contributed by atoms with Gasteiger partial charge in [0.25, 0.3) is 0 Å². The Morgan fingerprint density at radius 2 is 2.05 bits per heavy atom. The van der Waals surface area contributed by atoms with Crippen molar-refractivity contribution in [3.8, 4) is 0 Å². The van der Waals surface area contributed by atoms with Crippen molar-refractivity contribution in [2.75, 3.05) is 25.2 Å². The van der Waals surface area contributed by atoms with Crippen LogP contribution in [0.1, 0.15) is 29.2 Å². The number of carbonyl (C=O) groups is 1. The molecule has 0 aromatic carbocycles. The number of hydrogen-bond acceptors (Lipinski definition) is 7. The van der Waals surface area contributed by atoms with Gasteiger partial charge in [-0.15, -0.1) is 0 Å². The molecular formula is C11H18N2O4S2. The summed E-state index contributed by atoms with van der Waals surface area (Å²) in [6, 6.07) is 0. The maximum absolute atomic E-state index is 11.6. The molecule has 0 amide bonds. The van der Waals surface area contributed by atoms with Crippen molar-refractivity contribution in [2.45, 2.75) is 25.5 Å². The molecule has 0 saturated heterocycles. The van der Waals surface area contributed by atoms with Gasteiger partial charge >= 0.3 is 5.97 Å². The van der Waals surface area contributed by atoms with Gasteiger partial charge in [-0.1, -0.05) is 11.3 Å². The van der Waals surface area contributed by atoms with Gasteiger partial charge in [-0.2, -0.15) is 0 Å². The van der Waals surface area contributed by atoms with E-state index in [-0.39, 0.29) is 6.54 Å². The molecule has 0 unspecified atom stereocenters. The molecule has 1 aromatic rings. The summed E-state index contributed by atoms with van der Waals surface area (Å²) in [4.78, 5) is 16.0.